The minimum atomic E-state index is -0.570. The van der Waals surface area contributed by atoms with Gasteiger partial charge in [0.2, 0.25) is 5.82 Å². The molecule has 1 atom stereocenters. The van der Waals surface area contributed by atoms with Crippen molar-refractivity contribution in [3.63, 3.8) is 0 Å². The first-order valence-electron chi connectivity index (χ1n) is 8.04. The van der Waals surface area contributed by atoms with Gasteiger partial charge in [-0.2, -0.15) is 0 Å². The molecule has 0 spiro atoms. The largest absolute Gasteiger partial charge is 0.497 e. The Labute approximate surface area is 150 Å². The zero-order valence-corrected chi connectivity index (χ0v) is 14.2. The average Bonchev–Trinajstić information content (AvgIpc) is 2.66. The second kappa shape index (κ2) is 7.89. The molecule has 26 heavy (non-hydrogen) atoms. The molecule has 2 heterocycles. The third-order valence-corrected chi connectivity index (χ3v) is 3.91. The molecule has 9 heteroatoms. The molecule has 1 aromatic heterocycles. The molecular formula is C17H19N5O4. The Morgan fingerprint density at radius 1 is 1.35 bits per heavy atom. The number of anilines is 1. The van der Waals surface area contributed by atoms with Crippen molar-refractivity contribution in [1.82, 2.24) is 15.3 Å². The molecule has 3 rings (SSSR count). The first kappa shape index (κ1) is 17.8. The summed E-state index contributed by atoms with van der Waals surface area (Å²) >= 11 is 0. The Balaban J connectivity index is 1.92. The number of nitrogens with two attached hydrogens (primary N) is 1. The van der Waals surface area contributed by atoms with Crippen LogP contribution in [0.2, 0.25) is 0 Å². The van der Waals surface area contributed by atoms with Crippen LogP contribution in [0.1, 0.15) is 23.2 Å². The molecule has 2 aromatic rings. The van der Waals surface area contributed by atoms with Crippen LogP contribution in [0.3, 0.4) is 0 Å². The highest BCUT2D eigenvalue weighted by Gasteiger charge is 2.30. The number of nitrogen functional groups attached to an aromatic ring is 1. The maximum absolute atomic E-state index is 11.4. The number of hydrogen-bond acceptors (Lipinski definition) is 8. The highest BCUT2D eigenvalue weighted by Crippen LogP contribution is 2.31. The lowest BCUT2D eigenvalue weighted by Gasteiger charge is -2.23. The van der Waals surface area contributed by atoms with Crippen LogP contribution in [0, 0.1) is 10.1 Å². The topological polar surface area (TPSA) is 125 Å². The number of aromatic nitrogens is 2. The number of morpholine rings is 1. The van der Waals surface area contributed by atoms with E-state index in [1.54, 1.807) is 19.3 Å². The van der Waals surface area contributed by atoms with Crippen LogP contribution in [-0.4, -0.2) is 41.7 Å². The van der Waals surface area contributed by atoms with Gasteiger partial charge in [0.1, 0.15) is 11.9 Å². The smallest absolute Gasteiger partial charge is 0.335 e. The van der Waals surface area contributed by atoms with Crippen LogP contribution >= 0.6 is 0 Å². The van der Waals surface area contributed by atoms with Gasteiger partial charge in [0.25, 0.3) is 0 Å². The quantitative estimate of drug-likeness (QED) is 0.613. The zero-order chi connectivity index (χ0) is 18.5. The predicted molar refractivity (Wildman–Crippen MR) is 96.6 cm³/mol. The second-order valence-corrected chi connectivity index (χ2v) is 5.63. The van der Waals surface area contributed by atoms with E-state index in [0.29, 0.717) is 19.7 Å². The molecular weight excluding hydrogens is 338 g/mol. The van der Waals surface area contributed by atoms with Gasteiger partial charge in [-0.3, -0.25) is 10.1 Å². The molecule has 1 aromatic carbocycles. The predicted octanol–water partition coefficient (Wildman–Crippen LogP) is 1.81. The molecule has 9 nitrogen and oxygen atoms in total. The van der Waals surface area contributed by atoms with Gasteiger partial charge in [-0.1, -0.05) is 18.2 Å². The summed E-state index contributed by atoms with van der Waals surface area (Å²) in [5, 5.41) is 14.5. The Bertz CT molecular complexity index is 817. The number of rotatable bonds is 5. The molecule has 0 radical (unpaired) electrons. The lowest BCUT2D eigenvalue weighted by Crippen LogP contribution is -2.34. The fourth-order valence-electron chi connectivity index (χ4n) is 2.62. The van der Waals surface area contributed by atoms with E-state index in [-0.39, 0.29) is 23.0 Å². The summed E-state index contributed by atoms with van der Waals surface area (Å²) < 4.78 is 10.7. The summed E-state index contributed by atoms with van der Waals surface area (Å²) in [6, 6.07) is 7.41. The number of hydrogen-bond donors (Lipinski definition) is 2. The molecule has 136 valence electrons. The monoisotopic (exact) mass is 357 g/mol. The van der Waals surface area contributed by atoms with Gasteiger partial charge in [0.05, 0.1) is 18.6 Å². The van der Waals surface area contributed by atoms with Gasteiger partial charge < -0.3 is 20.5 Å². The van der Waals surface area contributed by atoms with E-state index >= 15 is 0 Å². The molecule has 0 amide bonds. The molecule has 3 N–H and O–H groups in total. The highest BCUT2D eigenvalue weighted by atomic mass is 16.6. The lowest BCUT2D eigenvalue weighted by atomic mass is 10.1. The number of ether oxygens (including phenoxy) is 2. The van der Waals surface area contributed by atoms with Crippen LogP contribution in [-0.2, 0) is 4.74 Å². The SMILES string of the molecule is COc1ccc(C=Cc2nc(N)c([N+](=O)[O-])c(C3CNCCO3)n2)cc1. The number of benzene rings is 1. The molecule has 1 unspecified atom stereocenters. The summed E-state index contributed by atoms with van der Waals surface area (Å²) in [5.41, 5.74) is 6.60. The molecule has 0 aliphatic carbocycles. The molecule has 1 fully saturated rings. The van der Waals surface area contributed by atoms with Crippen molar-refractivity contribution >= 4 is 23.7 Å². The van der Waals surface area contributed by atoms with Crippen molar-refractivity contribution in [2.45, 2.75) is 6.10 Å². The maximum Gasteiger partial charge on any atom is 0.335 e. The van der Waals surface area contributed by atoms with Crippen LogP contribution in [0.15, 0.2) is 24.3 Å². The summed E-state index contributed by atoms with van der Waals surface area (Å²) in [6.07, 6.45) is 2.91. The van der Waals surface area contributed by atoms with Gasteiger partial charge in [0.15, 0.2) is 11.5 Å². The van der Waals surface area contributed by atoms with Gasteiger partial charge in [-0.05, 0) is 23.8 Å². The minimum Gasteiger partial charge on any atom is -0.497 e. The van der Waals surface area contributed by atoms with Crippen LogP contribution in [0.5, 0.6) is 5.75 Å². The molecule has 1 saturated heterocycles. The summed E-state index contributed by atoms with van der Waals surface area (Å²) in [7, 11) is 1.60. The number of nitrogens with one attached hydrogen (secondary N) is 1. The fourth-order valence-corrected chi connectivity index (χ4v) is 2.62. The average molecular weight is 357 g/mol. The number of nitrogens with zero attached hydrogens (tertiary/aromatic N) is 3. The maximum atomic E-state index is 11.4. The van der Waals surface area contributed by atoms with Crippen molar-refractivity contribution in [3.05, 3.63) is 51.5 Å². The third kappa shape index (κ3) is 3.95. The second-order valence-electron chi connectivity index (χ2n) is 5.63. The molecule has 0 bridgehead atoms. The van der Waals surface area contributed by atoms with Crippen LogP contribution in [0.25, 0.3) is 12.2 Å². The third-order valence-electron chi connectivity index (χ3n) is 3.91. The highest BCUT2D eigenvalue weighted by molar-refractivity contribution is 5.69. The number of nitro groups is 1. The lowest BCUT2D eigenvalue weighted by molar-refractivity contribution is -0.385. The summed E-state index contributed by atoms with van der Waals surface area (Å²) in [4.78, 5) is 19.2. The van der Waals surface area contributed by atoms with Crippen molar-refractivity contribution in [3.8, 4) is 5.75 Å². The van der Waals surface area contributed by atoms with E-state index in [4.69, 9.17) is 15.2 Å². The molecule has 0 saturated carbocycles. The van der Waals surface area contributed by atoms with Crippen LogP contribution < -0.4 is 15.8 Å². The molecule has 1 aliphatic heterocycles. The van der Waals surface area contributed by atoms with Gasteiger partial charge in [-0.15, -0.1) is 0 Å². The molecule has 1 aliphatic rings. The van der Waals surface area contributed by atoms with Crippen LogP contribution in [0.4, 0.5) is 11.5 Å². The standard InChI is InChI=1S/C17H19N5O4/c1-25-12-5-2-11(3-6-12)4-7-14-20-15(13-10-19-8-9-26-13)16(22(23)24)17(18)21-14/h2-7,13,19H,8-10H2,1H3,(H2,18,20,21). The van der Waals surface area contributed by atoms with Gasteiger partial charge in [0, 0.05) is 13.1 Å². The minimum absolute atomic E-state index is 0.177. The Hall–Kier alpha value is -3.04. The Kier molecular flexibility index (Phi) is 5.40. The van der Waals surface area contributed by atoms with Crippen molar-refractivity contribution < 1.29 is 14.4 Å². The first-order chi connectivity index (χ1) is 12.6. The van der Waals surface area contributed by atoms with Crippen molar-refractivity contribution in [2.24, 2.45) is 0 Å². The summed E-state index contributed by atoms with van der Waals surface area (Å²) in [5.74, 6) is 0.860. The summed E-state index contributed by atoms with van der Waals surface area (Å²) in [6.45, 7) is 1.57. The van der Waals surface area contributed by atoms with Crippen molar-refractivity contribution in [2.75, 3.05) is 32.5 Å². The Morgan fingerprint density at radius 3 is 2.73 bits per heavy atom. The van der Waals surface area contributed by atoms with Gasteiger partial charge >= 0.3 is 5.69 Å². The number of methoxy groups -OCH3 is 1. The zero-order valence-electron chi connectivity index (χ0n) is 14.2. The van der Waals surface area contributed by atoms with E-state index in [2.05, 4.69) is 15.3 Å². The van der Waals surface area contributed by atoms with E-state index in [1.807, 2.05) is 24.3 Å². The van der Waals surface area contributed by atoms with E-state index in [9.17, 15) is 10.1 Å². The van der Waals surface area contributed by atoms with Crippen molar-refractivity contribution in [1.29, 1.82) is 0 Å². The first-order valence-corrected chi connectivity index (χ1v) is 8.04. The Morgan fingerprint density at radius 2 is 2.12 bits per heavy atom. The van der Waals surface area contributed by atoms with E-state index < -0.39 is 11.0 Å². The normalized spacial score (nSPS) is 17.3. The van der Waals surface area contributed by atoms with Gasteiger partial charge in [-0.25, -0.2) is 9.97 Å². The van der Waals surface area contributed by atoms with E-state index in [1.165, 1.54) is 0 Å². The fraction of sp³-hybridized carbons (Fsp3) is 0.294. The van der Waals surface area contributed by atoms with E-state index in [0.717, 1.165) is 11.3 Å².